The topological polar surface area (TPSA) is 117 Å². The number of rotatable bonds is 7. The summed E-state index contributed by atoms with van der Waals surface area (Å²) >= 11 is 0. The summed E-state index contributed by atoms with van der Waals surface area (Å²) in [6.45, 7) is 2.35. The summed E-state index contributed by atoms with van der Waals surface area (Å²) < 4.78 is 68.5. The van der Waals surface area contributed by atoms with Crippen molar-refractivity contribution in [3.05, 3.63) is 94.6 Å². The maximum absolute atomic E-state index is 13.6. The Morgan fingerprint density at radius 3 is 2.58 bits per heavy atom. The average Bonchev–Trinajstić information content (AvgIpc) is 3.43. The Hall–Kier alpha value is -3.65. The van der Waals surface area contributed by atoms with Gasteiger partial charge in [-0.25, -0.2) is 4.79 Å². The van der Waals surface area contributed by atoms with Crippen LogP contribution in [-0.2, 0) is 26.2 Å². The number of halogens is 3. The first kappa shape index (κ1) is 29.4. The van der Waals surface area contributed by atoms with Crippen LogP contribution in [0.4, 0.5) is 13.2 Å². The number of aromatic carboxylic acids is 1. The molecule has 2 aromatic carbocycles. The zero-order chi connectivity index (χ0) is 30.7. The molecule has 9 nitrogen and oxygen atoms in total. The highest BCUT2D eigenvalue weighted by atomic mass is 32.3. The molecule has 228 valence electrons. The molecule has 0 saturated heterocycles. The molecule has 6 rings (SSSR count). The van der Waals surface area contributed by atoms with E-state index in [4.69, 9.17) is 0 Å². The third-order valence-corrected chi connectivity index (χ3v) is 10.4. The van der Waals surface area contributed by atoms with E-state index >= 15 is 0 Å². The predicted octanol–water partition coefficient (Wildman–Crippen LogP) is 6.70. The fourth-order valence-corrected chi connectivity index (χ4v) is 7.90. The Kier molecular flexibility index (Phi) is 7.40. The maximum Gasteiger partial charge on any atom is 0.416 e. The molecule has 0 spiro atoms. The minimum Gasteiger partial charge on any atom is -0.478 e. The van der Waals surface area contributed by atoms with Gasteiger partial charge in [-0.1, -0.05) is 36.8 Å². The zero-order valence-electron chi connectivity index (χ0n) is 23.6. The lowest BCUT2D eigenvalue weighted by Gasteiger charge is -2.43. The number of hydrogen-bond donors (Lipinski definition) is 3. The van der Waals surface area contributed by atoms with Gasteiger partial charge in [-0.05, 0) is 60.2 Å². The minimum atomic E-state index is -4.61. The van der Waals surface area contributed by atoms with Crippen LogP contribution in [0, 0.1) is 5.92 Å². The van der Waals surface area contributed by atoms with Gasteiger partial charge in [0, 0.05) is 55.7 Å². The standard InChI is InChI=1S/C30H32F3N5O4S/c1-3-18-11-20-7-8-21(30(31,32)33)13-27(20)43(41,42)37(15-18)16-19-5-4-6-22(12-19)38-10-9-23(29(39)40)28(38)25-14-24(25)26-17-36(2)35-34-26/h4-10,12-13,17-18,24-25,41-42H,3,11,14-16H2,1-2H3,(H,39,40)/t18?,24-,25-/m1/s1. The molecule has 2 aliphatic rings. The first-order valence-electron chi connectivity index (χ1n) is 14.0. The number of nitrogens with zero attached hydrogens (tertiary/aromatic N) is 5. The predicted molar refractivity (Wildman–Crippen MR) is 154 cm³/mol. The second-order valence-corrected chi connectivity index (χ2v) is 13.4. The van der Waals surface area contributed by atoms with Crippen molar-refractivity contribution in [1.82, 2.24) is 23.9 Å². The van der Waals surface area contributed by atoms with Crippen LogP contribution in [-0.4, -0.2) is 50.6 Å². The highest BCUT2D eigenvalue weighted by molar-refractivity contribution is 8.22. The van der Waals surface area contributed by atoms with Crippen LogP contribution in [0.1, 0.15) is 70.0 Å². The van der Waals surface area contributed by atoms with Crippen molar-refractivity contribution in [2.24, 2.45) is 13.0 Å². The monoisotopic (exact) mass is 615 g/mol. The van der Waals surface area contributed by atoms with E-state index in [9.17, 15) is 32.2 Å². The molecule has 1 unspecified atom stereocenters. The first-order valence-corrected chi connectivity index (χ1v) is 15.5. The summed E-state index contributed by atoms with van der Waals surface area (Å²) in [6.07, 6.45) is 0.816. The summed E-state index contributed by atoms with van der Waals surface area (Å²) in [5.74, 6) is -1.05. The van der Waals surface area contributed by atoms with E-state index in [0.717, 1.165) is 24.2 Å². The number of aryl methyl sites for hydroxylation is 1. The molecule has 1 fully saturated rings. The molecule has 3 heterocycles. The molecule has 1 aliphatic carbocycles. The van der Waals surface area contributed by atoms with Crippen LogP contribution < -0.4 is 0 Å². The number of benzene rings is 2. The third kappa shape index (κ3) is 5.57. The summed E-state index contributed by atoms with van der Waals surface area (Å²) in [7, 11) is -1.96. The van der Waals surface area contributed by atoms with E-state index in [1.165, 1.54) is 10.4 Å². The quantitative estimate of drug-likeness (QED) is 0.212. The van der Waals surface area contributed by atoms with Gasteiger partial charge in [-0.2, -0.15) is 17.5 Å². The van der Waals surface area contributed by atoms with E-state index in [1.807, 2.05) is 35.9 Å². The third-order valence-electron chi connectivity index (χ3n) is 8.44. The highest BCUT2D eigenvalue weighted by Gasteiger charge is 2.45. The van der Waals surface area contributed by atoms with Crippen LogP contribution in [0.2, 0.25) is 0 Å². The van der Waals surface area contributed by atoms with Gasteiger partial charge in [-0.15, -0.1) is 15.9 Å². The Morgan fingerprint density at radius 1 is 1.12 bits per heavy atom. The Labute approximate surface area is 248 Å². The molecular formula is C30H32F3N5O4S. The van der Waals surface area contributed by atoms with Crippen LogP contribution in [0.15, 0.2) is 65.8 Å². The summed E-state index contributed by atoms with van der Waals surface area (Å²) in [6, 6.07) is 12.1. The molecule has 13 heteroatoms. The lowest BCUT2D eigenvalue weighted by atomic mass is 9.96. The first-order chi connectivity index (χ1) is 20.4. The summed E-state index contributed by atoms with van der Waals surface area (Å²) in [5.41, 5.74) is 2.65. The molecule has 1 aliphatic heterocycles. The second kappa shape index (κ2) is 10.8. The largest absolute Gasteiger partial charge is 0.478 e. The molecule has 4 aromatic rings. The van der Waals surface area contributed by atoms with Gasteiger partial charge in [0.25, 0.3) is 0 Å². The molecule has 1 saturated carbocycles. The van der Waals surface area contributed by atoms with Gasteiger partial charge < -0.3 is 9.67 Å². The average molecular weight is 616 g/mol. The summed E-state index contributed by atoms with van der Waals surface area (Å²) in [5, 5.41) is 18.2. The van der Waals surface area contributed by atoms with Crippen molar-refractivity contribution < 1.29 is 32.2 Å². The van der Waals surface area contributed by atoms with Crippen LogP contribution in [0.5, 0.6) is 0 Å². The van der Waals surface area contributed by atoms with Gasteiger partial charge >= 0.3 is 12.1 Å². The number of alkyl halides is 3. The van der Waals surface area contributed by atoms with Crippen LogP contribution in [0.25, 0.3) is 5.69 Å². The number of hydrogen-bond acceptors (Lipinski definition) is 6. The van der Waals surface area contributed by atoms with E-state index in [0.29, 0.717) is 41.9 Å². The molecule has 3 N–H and O–H groups in total. The van der Waals surface area contributed by atoms with Gasteiger partial charge in [0.2, 0.25) is 0 Å². The zero-order valence-corrected chi connectivity index (χ0v) is 24.4. The molecule has 0 amide bonds. The SMILES string of the molecule is CCC1Cc2ccc(C(F)(F)F)cc2S(O)(O)N(Cc2cccc(-n3ccc(C(=O)O)c3[C@@H]3C[C@H]3c3cn(C)nn3)c2)C1. The van der Waals surface area contributed by atoms with Gasteiger partial charge in [0.15, 0.2) is 0 Å². The van der Waals surface area contributed by atoms with Crippen molar-refractivity contribution in [3.63, 3.8) is 0 Å². The minimum absolute atomic E-state index is 0.00871. The number of aromatic nitrogens is 4. The number of carbonyl (C=O) groups is 1. The lowest BCUT2D eigenvalue weighted by molar-refractivity contribution is -0.137. The fraction of sp³-hybridized carbons (Fsp3) is 0.367. The Balaban J connectivity index is 1.33. The molecule has 0 bridgehead atoms. The van der Waals surface area contributed by atoms with E-state index in [2.05, 4.69) is 10.3 Å². The molecular weight excluding hydrogens is 583 g/mol. The Bertz CT molecular complexity index is 1680. The maximum atomic E-state index is 13.6. The number of carboxylic acids is 1. The molecule has 43 heavy (non-hydrogen) atoms. The van der Waals surface area contributed by atoms with Crippen molar-refractivity contribution >= 4 is 16.7 Å². The van der Waals surface area contributed by atoms with Crippen molar-refractivity contribution in [1.29, 1.82) is 0 Å². The molecule has 3 atom stereocenters. The summed E-state index contributed by atoms with van der Waals surface area (Å²) in [4.78, 5) is 12.1. The van der Waals surface area contributed by atoms with E-state index in [1.54, 1.807) is 30.1 Å². The van der Waals surface area contributed by atoms with Gasteiger partial charge in [0.1, 0.15) is 0 Å². The molecule has 2 aromatic heterocycles. The lowest BCUT2D eigenvalue weighted by Crippen LogP contribution is -2.30. The van der Waals surface area contributed by atoms with Crippen LogP contribution >= 0.6 is 10.8 Å². The number of carboxylic acid groups (broad SMARTS) is 1. The van der Waals surface area contributed by atoms with E-state index < -0.39 is 28.5 Å². The smallest absolute Gasteiger partial charge is 0.416 e. The fourth-order valence-electron chi connectivity index (χ4n) is 6.09. The van der Waals surface area contributed by atoms with Crippen molar-refractivity contribution in [2.45, 2.75) is 55.6 Å². The highest BCUT2D eigenvalue weighted by Crippen LogP contribution is 2.57. The van der Waals surface area contributed by atoms with Crippen molar-refractivity contribution in [3.8, 4) is 5.69 Å². The van der Waals surface area contributed by atoms with Gasteiger partial charge in [-0.3, -0.25) is 13.8 Å². The number of fused-ring (bicyclic) bond motifs is 1. The normalized spacial score (nSPS) is 22.5. The van der Waals surface area contributed by atoms with E-state index in [-0.39, 0.29) is 34.8 Å². The van der Waals surface area contributed by atoms with Gasteiger partial charge in [0.05, 0.1) is 21.7 Å². The Morgan fingerprint density at radius 2 is 1.91 bits per heavy atom. The second-order valence-electron chi connectivity index (χ2n) is 11.4. The molecule has 0 radical (unpaired) electrons. The van der Waals surface area contributed by atoms with Crippen LogP contribution in [0.3, 0.4) is 0 Å². The van der Waals surface area contributed by atoms with Crippen molar-refractivity contribution in [2.75, 3.05) is 6.54 Å².